The Bertz CT molecular complexity index is 139. The van der Waals surface area contributed by atoms with Crippen molar-refractivity contribution in [2.45, 2.75) is 69.9 Å². The molecule has 0 aliphatic heterocycles. The summed E-state index contributed by atoms with van der Waals surface area (Å²) in [6.07, 6.45) is 12.8. The van der Waals surface area contributed by atoms with Crippen molar-refractivity contribution in [2.75, 3.05) is 6.54 Å². The molecule has 81 valence electrons. The Morgan fingerprint density at radius 1 is 0.857 bits per heavy atom. The van der Waals surface area contributed by atoms with Crippen molar-refractivity contribution in [1.29, 1.82) is 0 Å². The van der Waals surface area contributed by atoms with Gasteiger partial charge in [-0.2, -0.15) is 0 Å². The normalized spacial score (nSPS) is 25.3. The van der Waals surface area contributed by atoms with Gasteiger partial charge in [0.15, 0.2) is 0 Å². The van der Waals surface area contributed by atoms with E-state index in [9.17, 15) is 0 Å². The van der Waals surface area contributed by atoms with E-state index in [-0.39, 0.29) is 0 Å². The average Bonchev–Trinajstić information content (AvgIpc) is 2.87. The Morgan fingerprint density at radius 2 is 1.29 bits per heavy atom. The minimum absolute atomic E-state index is 0.917. The van der Waals surface area contributed by atoms with Gasteiger partial charge in [0.2, 0.25) is 0 Å². The number of hydrogen-bond acceptors (Lipinski definition) is 1. The predicted octanol–water partition coefficient (Wildman–Crippen LogP) is 3.40. The minimum atomic E-state index is 0.917. The lowest BCUT2D eigenvalue weighted by molar-refractivity contribution is 0.139. The van der Waals surface area contributed by atoms with Crippen LogP contribution in [0.2, 0.25) is 0 Å². The zero-order valence-corrected chi connectivity index (χ0v) is 9.38. The van der Waals surface area contributed by atoms with Crippen LogP contribution in [0.4, 0.5) is 0 Å². The van der Waals surface area contributed by atoms with E-state index in [4.69, 9.17) is 0 Å². The van der Waals surface area contributed by atoms with Crippen molar-refractivity contribution in [1.82, 2.24) is 4.90 Å². The van der Waals surface area contributed by atoms with E-state index in [1.807, 2.05) is 0 Å². The third-order valence-electron chi connectivity index (χ3n) is 4.00. The van der Waals surface area contributed by atoms with E-state index in [0.29, 0.717) is 0 Å². The summed E-state index contributed by atoms with van der Waals surface area (Å²) in [6.45, 7) is 5.27. The van der Waals surface area contributed by atoms with E-state index < -0.39 is 0 Å². The molecule has 0 aromatic rings. The van der Waals surface area contributed by atoms with Crippen molar-refractivity contribution < 1.29 is 0 Å². The molecule has 2 aliphatic rings. The molecule has 2 aliphatic carbocycles. The van der Waals surface area contributed by atoms with Crippen molar-refractivity contribution in [2.24, 2.45) is 0 Å². The molecular formula is C13H24N. The Kier molecular flexibility index (Phi) is 3.86. The van der Waals surface area contributed by atoms with Gasteiger partial charge in [0.25, 0.3) is 0 Å². The largest absolute Gasteiger partial charge is 0.297 e. The van der Waals surface area contributed by atoms with E-state index >= 15 is 0 Å². The Balaban J connectivity index is 1.91. The smallest absolute Gasteiger partial charge is 0.00981 e. The van der Waals surface area contributed by atoms with Gasteiger partial charge in [0.05, 0.1) is 0 Å². The predicted molar refractivity (Wildman–Crippen MR) is 61.2 cm³/mol. The quantitative estimate of drug-likeness (QED) is 0.663. The lowest BCUT2D eigenvalue weighted by atomic mass is 10.1. The van der Waals surface area contributed by atoms with Crippen LogP contribution in [0.3, 0.4) is 0 Å². The van der Waals surface area contributed by atoms with Crippen molar-refractivity contribution >= 4 is 0 Å². The summed E-state index contributed by atoms with van der Waals surface area (Å²) in [5.74, 6) is 0. The Hall–Kier alpha value is -0.0400. The Labute approximate surface area is 88.9 Å². The molecule has 14 heavy (non-hydrogen) atoms. The van der Waals surface area contributed by atoms with Gasteiger partial charge >= 0.3 is 0 Å². The zero-order valence-electron chi connectivity index (χ0n) is 9.38. The molecule has 1 radical (unpaired) electrons. The first-order valence-electron chi connectivity index (χ1n) is 6.47. The second-order valence-corrected chi connectivity index (χ2v) is 4.97. The van der Waals surface area contributed by atoms with Crippen LogP contribution in [0.1, 0.15) is 57.8 Å². The maximum Gasteiger partial charge on any atom is 0.00981 e. The van der Waals surface area contributed by atoms with Crippen molar-refractivity contribution in [3.8, 4) is 0 Å². The highest BCUT2D eigenvalue weighted by Gasteiger charge is 2.29. The van der Waals surface area contributed by atoms with E-state index in [2.05, 4.69) is 11.8 Å². The first-order valence-corrected chi connectivity index (χ1v) is 6.47. The van der Waals surface area contributed by atoms with Gasteiger partial charge in [-0.3, -0.25) is 4.90 Å². The molecule has 0 unspecified atom stereocenters. The van der Waals surface area contributed by atoms with Gasteiger partial charge < -0.3 is 0 Å². The fourth-order valence-corrected chi connectivity index (χ4v) is 3.32. The van der Waals surface area contributed by atoms with E-state index in [1.54, 1.807) is 0 Å². The first kappa shape index (κ1) is 10.5. The molecule has 0 amide bonds. The summed E-state index contributed by atoms with van der Waals surface area (Å²) in [6, 6.07) is 1.83. The van der Waals surface area contributed by atoms with Crippen molar-refractivity contribution in [3.05, 3.63) is 6.92 Å². The summed E-state index contributed by atoms with van der Waals surface area (Å²) in [5.41, 5.74) is 0. The molecule has 2 fully saturated rings. The van der Waals surface area contributed by atoms with Crippen molar-refractivity contribution in [3.63, 3.8) is 0 Å². The molecular weight excluding hydrogens is 170 g/mol. The number of rotatable bonds is 4. The standard InChI is InChI=1S/C13H24N/c1-2-11-14(12-7-3-4-8-12)13-9-5-6-10-13/h12-13H,1-11H2. The average molecular weight is 194 g/mol. The maximum atomic E-state index is 4.03. The lowest BCUT2D eigenvalue weighted by Crippen LogP contribution is -2.41. The molecule has 0 spiro atoms. The van der Waals surface area contributed by atoms with Crippen LogP contribution >= 0.6 is 0 Å². The molecule has 2 saturated carbocycles. The number of hydrogen-bond donors (Lipinski definition) is 0. The molecule has 1 nitrogen and oxygen atoms in total. The molecule has 0 saturated heterocycles. The summed E-state index contributed by atoms with van der Waals surface area (Å²) in [5, 5.41) is 0. The van der Waals surface area contributed by atoms with Crippen LogP contribution in [-0.2, 0) is 0 Å². The van der Waals surface area contributed by atoms with E-state index in [1.165, 1.54) is 57.9 Å². The van der Waals surface area contributed by atoms with Crippen LogP contribution in [0, 0.1) is 6.92 Å². The SMILES string of the molecule is [CH2]CCN(C1CCCC1)C1CCCC1. The van der Waals surface area contributed by atoms with Gasteiger partial charge in [-0.25, -0.2) is 0 Å². The molecule has 2 rings (SSSR count). The summed E-state index contributed by atoms with van der Waals surface area (Å²) < 4.78 is 0. The van der Waals surface area contributed by atoms with Gasteiger partial charge in [0.1, 0.15) is 0 Å². The van der Waals surface area contributed by atoms with Crippen LogP contribution in [0.5, 0.6) is 0 Å². The van der Waals surface area contributed by atoms with Crippen LogP contribution in [0.25, 0.3) is 0 Å². The van der Waals surface area contributed by atoms with Crippen LogP contribution in [0.15, 0.2) is 0 Å². The fourth-order valence-electron chi connectivity index (χ4n) is 3.32. The lowest BCUT2D eigenvalue weighted by Gasteiger charge is -2.34. The molecule has 0 bridgehead atoms. The zero-order chi connectivity index (χ0) is 9.80. The molecule has 0 aromatic carbocycles. The van der Waals surface area contributed by atoms with E-state index in [0.717, 1.165) is 18.5 Å². The maximum absolute atomic E-state index is 4.03. The molecule has 0 heterocycles. The molecule has 0 aromatic heterocycles. The highest BCUT2D eigenvalue weighted by Crippen LogP contribution is 2.31. The van der Waals surface area contributed by atoms with Crippen LogP contribution in [-0.4, -0.2) is 23.5 Å². The summed E-state index contributed by atoms with van der Waals surface area (Å²) in [7, 11) is 0. The molecule has 0 atom stereocenters. The number of nitrogens with zero attached hydrogens (tertiary/aromatic N) is 1. The van der Waals surface area contributed by atoms with Gasteiger partial charge in [0, 0.05) is 12.1 Å². The summed E-state index contributed by atoms with van der Waals surface area (Å²) in [4.78, 5) is 2.80. The fraction of sp³-hybridized carbons (Fsp3) is 0.923. The molecule has 0 N–H and O–H groups in total. The van der Waals surface area contributed by atoms with Gasteiger partial charge in [-0.15, -0.1) is 0 Å². The first-order chi connectivity index (χ1) is 6.92. The second-order valence-electron chi connectivity index (χ2n) is 4.97. The monoisotopic (exact) mass is 194 g/mol. The second kappa shape index (κ2) is 5.16. The molecule has 1 heteroatoms. The highest BCUT2D eigenvalue weighted by molar-refractivity contribution is 4.85. The highest BCUT2D eigenvalue weighted by atomic mass is 15.2. The van der Waals surface area contributed by atoms with Gasteiger partial charge in [-0.1, -0.05) is 32.6 Å². The minimum Gasteiger partial charge on any atom is -0.297 e. The summed E-state index contributed by atoms with van der Waals surface area (Å²) >= 11 is 0. The van der Waals surface area contributed by atoms with Crippen LogP contribution < -0.4 is 0 Å². The third kappa shape index (κ3) is 2.31. The third-order valence-corrected chi connectivity index (χ3v) is 4.00. The van der Waals surface area contributed by atoms with Gasteiger partial charge in [-0.05, 0) is 38.6 Å². The topological polar surface area (TPSA) is 3.24 Å². The Morgan fingerprint density at radius 3 is 1.64 bits per heavy atom.